The standard InChI is InChI=1S/C17H13N5O3S/c23-15(11-3-1-10(2-4-11)8-22-6-5-18-9-22)19-14-12-7-13(17(24)25)26-16(12)21-20-14/h1-7,9H,8H2,(H,24,25)(H2,19,20,21,23). The minimum Gasteiger partial charge on any atom is -0.477 e. The van der Waals surface area contributed by atoms with Crippen molar-refractivity contribution < 1.29 is 14.7 Å². The van der Waals surface area contributed by atoms with Gasteiger partial charge in [-0.1, -0.05) is 12.1 Å². The second-order valence-electron chi connectivity index (χ2n) is 5.62. The summed E-state index contributed by atoms with van der Waals surface area (Å²) < 4.78 is 1.94. The predicted octanol–water partition coefficient (Wildman–Crippen LogP) is 2.82. The molecule has 1 amide bonds. The van der Waals surface area contributed by atoms with Crippen molar-refractivity contribution in [3.05, 3.63) is 65.1 Å². The summed E-state index contributed by atoms with van der Waals surface area (Å²) in [7, 11) is 0. The lowest BCUT2D eigenvalue weighted by molar-refractivity contribution is 0.0702. The Hall–Kier alpha value is -3.46. The molecule has 9 heteroatoms. The zero-order valence-electron chi connectivity index (χ0n) is 13.3. The quantitative estimate of drug-likeness (QED) is 0.502. The first kappa shape index (κ1) is 16.0. The summed E-state index contributed by atoms with van der Waals surface area (Å²) in [6, 6.07) is 8.73. The third-order valence-corrected chi connectivity index (χ3v) is 4.87. The van der Waals surface area contributed by atoms with Crippen molar-refractivity contribution in [2.75, 3.05) is 5.32 Å². The lowest BCUT2D eigenvalue weighted by Gasteiger charge is -2.05. The fraction of sp³-hybridized carbons (Fsp3) is 0.0588. The lowest BCUT2D eigenvalue weighted by atomic mass is 10.1. The Balaban J connectivity index is 1.50. The molecule has 0 bridgehead atoms. The van der Waals surface area contributed by atoms with Crippen molar-refractivity contribution in [2.24, 2.45) is 0 Å². The molecule has 3 N–H and O–H groups in total. The largest absolute Gasteiger partial charge is 0.477 e. The molecular weight excluding hydrogens is 354 g/mol. The Kier molecular flexibility index (Phi) is 3.98. The third-order valence-electron chi connectivity index (χ3n) is 3.84. The highest BCUT2D eigenvalue weighted by Gasteiger charge is 2.16. The molecule has 0 fully saturated rings. The number of benzene rings is 1. The number of hydrogen-bond acceptors (Lipinski definition) is 5. The van der Waals surface area contributed by atoms with E-state index in [4.69, 9.17) is 5.11 Å². The highest BCUT2D eigenvalue weighted by molar-refractivity contribution is 7.20. The molecule has 0 saturated carbocycles. The van der Waals surface area contributed by atoms with Gasteiger partial charge in [0.25, 0.3) is 5.91 Å². The molecule has 4 rings (SSSR count). The fourth-order valence-electron chi connectivity index (χ4n) is 2.55. The van der Waals surface area contributed by atoms with Crippen LogP contribution in [0, 0.1) is 0 Å². The molecule has 26 heavy (non-hydrogen) atoms. The Bertz CT molecular complexity index is 1080. The smallest absolute Gasteiger partial charge is 0.345 e. The molecule has 0 unspecified atom stereocenters. The van der Waals surface area contributed by atoms with Crippen molar-refractivity contribution in [3.8, 4) is 0 Å². The number of nitrogens with zero attached hydrogens (tertiary/aromatic N) is 3. The van der Waals surface area contributed by atoms with Crippen LogP contribution in [0.4, 0.5) is 5.82 Å². The minimum atomic E-state index is -1.01. The van der Waals surface area contributed by atoms with E-state index in [1.54, 1.807) is 24.7 Å². The zero-order chi connectivity index (χ0) is 18.1. The van der Waals surface area contributed by atoms with Gasteiger partial charge in [-0.25, -0.2) is 9.78 Å². The van der Waals surface area contributed by atoms with Crippen LogP contribution in [-0.4, -0.2) is 36.7 Å². The summed E-state index contributed by atoms with van der Waals surface area (Å²) in [5.74, 6) is -1.00. The molecule has 3 heterocycles. The van der Waals surface area contributed by atoms with Gasteiger partial charge in [0.15, 0.2) is 5.82 Å². The van der Waals surface area contributed by atoms with Gasteiger partial charge in [0, 0.05) is 24.5 Å². The minimum absolute atomic E-state index is 0.188. The van der Waals surface area contributed by atoms with E-state index in [1.165, 1.54) is 6.07 Å². The number of nitrogens with one attached hydrogen (secondary N) is 2. The molecule has 0 spiro atoms. The van der Waals surface area contributed by atoms with Gasteiger partial charge in [0.05, 0.1) is 11.7 Å². The van der Waals surface area contributed by atoms with Crippen LogP contribution in [0.3, 0.4) is 0 Å². The average Bonchev–Trinajstić information content (AvgIpc) is 3.34. The van der Waals surface area contributed by atoms with Crippen LogP contribution in [0.5, 0.6) is 0 Å². The van der Waals surface area contributed by atoms with Gasteiger partial charge in [-0.15, -0.1) is 11.3 Å². The normalized spacial score (nSPS) is 10.9. The van der Waals surface area contributed by atoms with Crippen molar-refractivity contribution >= 4 is 39.2 Å². The predicted molar refractivity (Wildman–Crippen MR) is 96.7 cm³/mol. The Morgan fingerprint density at radius 3 is 2.77 bits per heavy atom. The van der Waals surface area contributed by atoms with Gasteiger partial charge in [0.2, 0.25) is 0 Å². The number of H-pyrrole nitrogens is 1. The number of thiophene rings is 1. The van der Waals surface area contributed by atoms with Gasteiger partial charge in [-0.2, -0.15) is 5.10 Å². The summed E-state index contributed by atoms with van der Waals surface area (Å²) in [6.45, 7) is 0.675. The van der Waals surface area contributed by atoms with Crippen LogP contribution in [0.15, 0.2) is 49.1 Å². The maximum absolute atomic E-state index is 12.4. The highest BCUT2D eigenvalue weighted by atomic mass is 32.1. The first-order valence-electron chi connectivity index (χ1n) is 7.67. The molecule has 0 atom stereocenters. The van der Waals surface area contributed by atoms with E-state index in [1.807, 2.05) is 22.9 Å². The van der Waals surface area contributed by atoms with Crippen LogP contribution in [0.25, 0.3) is 10.2 Å². The third kappa shape index (κ3) is 3.07. The van der Waals surface area contributed by atoms with Crippen LogP contribution < -0.4 is 5.32 Å². The van der Waals surface area contributed by atoms with E-state index in [0.29, 0.717) is 28.1 Å². The molecule has 130 valence electrons. The van der Waals surface area contributed by atoms with E-state index >= 15 is 0 Å². The lowest BCUT2D eigenvalue weighted by Crippen LogP contribution is -2.12. The fourth-order valence-corrected chi connectivity index (χ4v) is 3.39. The molecule has 8 nitrogen and oxygen atoms in total. The maximum atomic E-state index is 12.4. The molecule has 0 radical (unpaired) electrons. The molecule has 3 aromatic heterocycles. The van der Waals surface area contributed by atoms with Crippen LogP contribution >= 0.6 is 11.3 Å². The number of aromatic amines is 1. The van der Waals surface area contributed by atoms with Crippen molar-refractivity contribution in [1.29, 1.82) is 0 Å². The first-order valence-corrected chi connectivity index (χ1v) is 8.49. The van der Waals surface area contributed by atoms with E-state index in [9.17, 15) is 9.59 Å². The number of aromatic carboxylic acids is 1. The van der Waals surface area contributed by atoms with Gasteiger partial charge in [0.1, 0.15) is 9.71 Å². The molecule has 0 aliphatic carbocycles. The second kappa shape index (κ2) is 6.45. The van der Waals surface area contributed by atoms with Gasteiger partial charge < -0.3 is 15.0 Å². The van der Waals surface area contributed by atoms with Crippen molar-refractivity contribution in [2.45, 2.75) is 6.54 Å². The number of carbonyl (C=O) groups is 2. The first-order chi connectivity index (χ1) is 12.6. The Labute approximate surface area is 151 Å². The summed E-state index contributed by atoms with van der Waals surface area (Å²) in [5.41, 5.74) is 1.54. The number of rotatable bonds is 5. The SMILES string of the molecule is O=C(Nc1n[nH]c2sc(C(=O)O)cc12)c1ccc(Cn2ccnc2)cc1. The monoisotopic (exact) mass is 367 g/mol. The molecule has 0 aliphatic heterocycles. The van der Waals surface area contributed by atoms with E-state index in [-0.39, 0.29) is 10.8 Å². The van der Waals surface area contributed by atoms with Gasteiger partial charge in [-0.3, -0.25) is 9.89 Å². The van der Waals surface area contributed by atoms with Crippen molar-refractivity contribution in [3.63, 3.8) is 0 Å². The maximum Gasteiger partial charge on any atom is 0.345 e. The van der Waals surface area contributed by atoms with E-state index in [0.717, 1.165) is 16.9 Å². The topological polar surface area (TPSA) is 113 Å². The molecular formula is C17H13N5O3S. The summed E-state index contributed by atoms with van der Waals surface area (Å²) >= 11 is 1.08. The number of carbonyl (C=O) groups excluding carboxylic acids is 1. The van der Waals surface area contributed by atoms with Crippen LogP contribution in [-0.2, 0) is 6.54 Å². The van der Waals surface area contributed by atoms with E-state index in [2.05, 4.69) is 20.5 Å². The second-order valence-corrected chi connectivity index (χ2v) is 6.67. The number of hydrogen-bond donors (Lipinski definition) is 3. The van der Waals surface area contributed by atoms with Crippen LogP contribution in [0.1, 0.15) is 25.6 Å². The zero-order valence-corrected chi connectivity index (χ0v) is 14.2. The number of aromatic nitrogens is 4. The Morgan fingerprint density at radius 1 is 1.27 bits per heavy atom. The molecule has 4 aromatic rings. The van der Waals surface area contributed by atoms with Crippen LogP contribution in [0.2, 0.25) is 0 Å². The number of amides is 1. The average molecular weight is 367 g/mol. The summed E-state index contributed by atoms with van der Waals surface area (Å²) in [6.07, 6.45) is 5.32. The summed E-state index contributed by atoms with van der Waals surface area (Å²) in [5, 5.41) is 19.1. The number of fused-ring (bicyclic) bond motifs is 1. The number of anilines is 1. The molecule has 1 aromatic carbocycles. The number of imidazole rings is 1. The molecule has 0 saturated heterocycles. The van der Waals surface area contributed by atoms with Crippen molar-refractivity contribution in [1.82, 2.24) is 19.7 Å². The van der Waals surface area contributed by atoms with Gasteiger partial charge in [-0.05, 0) is 23.8 Å². The van der Waals surface area contributed by atoms with E-state index < -0.39 is 5.97 Å². The molecule has 0 aliphatic rings. The summed E-state index contributed by atoms with van der Waals surface area (Å²) in [4.78, 5) is 28.3. The number of carboxylic acid groups (broad SMARTS) is 1. The van der Waals surface area contributed by atoms with Gasteiger partial charge >= 0.3 is 5.97 Å². The Morgan fingerprint density at radius 2 is 2.08 bits per heavy atom. The highest BCUT2D eigenvalue weighted by Crippen LogP contribution is 2.29. The number of carboxylic acids is 1.